The third-order valence-electron chi connectivity index (χ3n) is 2.56. The zero-order valence-electron chi connectivity index (χ0n) is 11.7. The van der Waals surface area contributed by atoms with Crippen molar-refractivity contribution < 1.29 is 9.53 Å². The van der Waals surface area contributed by atoms with E-state index in [0.29, 0.717) is 24.3 Å². The largest absolute Gasteiger partial charge is 0.447 e. The molecule has 0 aliphatic heterocycles. The lowest BCUT2D eigenvalue weighted by atomic mass is 9.96. The van der Waals surface area contributed by atoms with Gasteiger partial charge in [-0.1, -0.05) is 13.8 Å². The Bertz CT molecular complexity index is 513. The van der Waals surface area contributed by atoms with Crippen LogP contribution < -0.4 is 21.5 Å². The minimum atomic E-state index is -0.495. The van der Waals surface area contributed by atoms with Crippen LogP contribution in [0.5, 0.6) is 0 Å². The van der Waals surface area contributed by atoms with Crippen LogP contribution in [0.2, 0.25) is 0 Å². The van der Waals surface area contributed by atoms with Crippen LogP contribution in [0.15, 0.2) is 9.59 Å². The molecule has 1 rings (SSSR count). The summed E-state index contributed by atoms with van der Waals surface area (Å²) in [6.45, 7) is 7.94. The minimum Gasteiger partial charge on any atom is -0.447 e. The average Bonchev–Trinajstić information content (AvgIpc) is 2.30. The molecule has 0 saturated carbocycles. The molecule has 0 bridgehead atoms. The molecule has 106 valence electrons. The van der Waals surface area contributed by atoms with Crippen molar-refractivity contribution >= 4 is 11.8 Å². The molecule has 6 nitrogen and oxygen atoms in total. The molecule has 1 amide bonds. The molecule has 0 fully saturated rings. The number of ether oxygens (including phenoxy) is 1. The van der Waals surface area contributed by atoms with Gasteiger partial charge in [0.05, 0.1) is 11.8 Å². The molecule has 0 saturated heterocycles. The number of anilines is 1. The van der Waals surface area contributed by atoms with Gasteiger partial charge < -0.3 is 15.4 Å². The van der Waals surface area contributed by atoms with Crippen molar-refractivity contribution in [3.8, 4) is 0 Å². The smallest absolute Gasteiger partial charge is 0.407 e. The first-order valence-corrected chi connectivity index (χ1v) is 6.36. The fourth-order valence-corrected chi connectivity index (χ4v) is 1.74. The summed E-state index contributed by atoms with van der Waals surface area (Å²) in [6, 6.07) is 0. The lowest BCUT2D eigenvalue weighted by Gasteiger charge is -2.16. The minimum absolute atomic E-state index is 0.0200. The summed E-state index contributed by atoms with van der Waals surface area (Å²) >= 11 is 0. The highest BCUT2D eigenvalue weighted by atomic mass is 16.6. The summed E-state index contributed by atoms with van der Waals surface area (Å²) < 4.78 is 4.88. The Morgan fingerprint density at radius 1 is 1.11 bits per heavy atom. The zero-order valence-corrected chi connectivity index (χ0v) is 11.7. The molecule has 0 heterocycles. The van der Waals surface area contributed by atoms with Crippen LogP contribution in [-0.2, 0) is 4.74 Å². The molecule has 0 radical (unpaired) electrons. The highest BCUT2D eigenvalue weighted by molar-refractivity contribution is 5.67. The van der Waals surface area contributed by atoms with E-state index < -0.39 is 17.0 Å². The van der Waals surface area contributed by atoms with E-state index in [1.165, 1.54) is 0 Å². The number of rotatable bonds is 6. The monoisotopic (exact) mass is 268 g/mol. The molecule has 0 atom stereocenters. The molecule has 1 aromatic rings. The number of alkyl carbamates (subject to hydrolysis) is 1. The Morgan fingerprint density at radius 2 is 1.74 bits per heavy atom. The van der Waals surface area contributed by atoms with Gasteiger partial charge in [0, 0.05) is 18.7 Å². The van der Waals surface area contributed by atoms with Gasteiger partial charge in [-0.15, -0.1) is 0 Å². The third kappa shape index (κ3) is 3.81. The van der Waals surface area contributed by atoms with Crippen LogP contribution in [0.4, 0.5) is 10.5 Å². The first-order chi connectivity index (χ1) is 8.84. The van der Waals surface area contributed by atoms with Crippen molar-refractivity contribution in [2.45, 2.75) is 39.7 Å². The van der Waals surface area contributed by atoms with E-state index in [2.05, 4.69) is 10.6 Å². The molecule has 1 aromatic carbocycles. The predicted molar refractivity (Wildman–Crippen MR) is 73.6 cm³/mol. The van der Waals surface area contributed by atoms with Crippen LogP contribution >= 0.6 is 0 Å². The Balaban J connectivity index is 2.39. The molecule has 6 heteroatoms. The summed E-state index contributed by atoms with van der Waals surface area (Å²) in [7, 11) is 0. The van der Waals surface area contributed by atoms with Crippen molar-refractivity contribution in [2.75, 3.05) is 18.4 Å². The van der Waals surface area contributed by atoms with Crippen molar-refractivity contribution in [2.24, 2.45) is 0 Å². The first kappa shape index (κ1) is 15.2. The van der Waals surface area contributed by atoms with E-state index in [0.717, 1.165) is 0 Å². The molecule has 19 heavy (non-hydrogen) atoms. The maximum Gasteiger partial charge on any atom is 0.407 e. The topological polar surface area (TPSA) is 84.5 Å². The second-order valence-electron chi connectivity index (χ2n) is 4.91. The van der Waals surface area contributed by atoms with Gasteiger partial charge in [-0.3, -0.25) is 9.59 Å². The van der Waals surface area contributed by atoms with Crippen molar-refractivity contribution in [1.29, 1.82) is 0 Å². The molecule has 0 unspecified atom stereocenters. The Morgan fingerprint density at radius 3 is 2.26 bits per heavy atom. The van der Waals surface area contributed by atoms with E-state index >= 15 is 0 Å². The van der Waals surface area contributed by atoms with Crippen LogP contribution in [-0.4, -0.2) is 25.3 Å². The lowest BCUT2D eigenvalue weighted by molar-refractivity contribution is 0.116. The standard InChI is InChI=1S/C13H20N2O4/c1-7(2)9-10(12(17)11(9)16)14-5-6-15-13(18)19-8(3)4/h7-8,14H,5-6H2,1-4H3,(H,15,18). The maximum atomic E-state index is 11.4. The predicted octanol–water partition coefficient (Wildman–Crippen LogP) is 0.952. The van der Waals surface area contributed by atoms with Crippen molar-refractivity contribution in [3.63, 3.8) is 0 Å². The van der Waals surface area contributed by atoms with Gasteiger partial charge in [0.25, 0.3) is 0 Å². The summed E-state index contributed by atoms with van der Waals surface area (Å²) in [4.78, 5) is 33.9. The van der Waals surface area contributed by atoms with E-state index in [1.807, 2.05) is 13.8 Å². The van der Waals surface area contributed by atoms with Gasteiger partial charge in [-0.05, 0) is 19.8 Å². The third-order valence-corrected chi connectivity index (χ3v) is 2.56. The van der Waals surface area contributed by atoms with Gasteiger partial charge in [-0.25, -0.2) is 4.79 Å². The van der Waals surface area contributed by atoms with Gasteiger partial charge in [0.2, 0.25) is 10.9 Å². The lowest BCUT2D eigenvalue weighted by Crippen LogP contribution is -2.40. The highest BCUT2D eigenvalue weighted by Crippen LogP contribution is 2.18. The van der Waals surface area contributed by atoms with Crippen LogP contribution in [0.1, 0.15) is 39.2 Å². The zero-order chi connectivity index (χ0) is 14.6. The molecule has 0 aliphatic rings. The van der Waals surface area contributed by atoms with Crippen LogP contribution in [0.3, 0.4) is 0 Å². The number of hydrogen-bond donors (Lipinski definition) is 2. The average molecular weight is 268 g/mol. The molecule has 0 spiro atoms. The van der Waals surface area contributed by atoms with Crippen molar-refractivity contribution in [1.82, 2.24) is 5.32 Å². The normalized spacial score (nSPS) is 11.1. The maximum absolute atomic E-state index is 11.4. The number of carbonyl (C=O) groups is 1. The van der Waals surface area contributed by atoms with Crippen LogP contribution in [0.25, 0.3) is 0 Å². The Kier molecular flexibility index (Phi) is 5.09. The second kappa shape index (κ2) is 6.36. The van der Waals surface area contributed by atoms with Gasteiger partial charge in [0.15, 0.2) is 0 Å². The molecule has 0 aliphatic carbocycles. The van der Waals surface area contributed by atoms with Gasteiger partial charge >= 0.3 is 6.09 Å². The molecule has 0 aromatic heterocycles. The second-order valence-corrected chi connectivity index (χ2v) is 4.91. The van der Waals surface area contributed by atoms with Gasteiger partial charge in [0.1, 0.15) is 0 Å². The molecular formula is C13H20N2O4. The summed E-state index contributed by atoms with van der Waals surface area (Å²) in [5, 5.41) is 5.42. The van der Waals surface area contributed by atoms with Crippen molar-refractivity contribution in [3.05, 3.63) is 26.0 Å². The number of hydrogen-bond acceptors (Lipinski definition) is 5. The highest BCUT2D eigenvalue weighted by Gasteiger charge is 2.22. The number of carbonyl (C=O) groups excluding carboxylic acids is 1. The van der Waals surface area contributed by atoms with E-state index in [-0.39, 0.29) is 12.0 Å². The summed E-state index contributed by atoms with van der Waals surface area (Å²) in [5.41, 5.74) is 0.0203. The quantitative estimate of drug-likeness (QED) is 0.593. The SMILES string of the molecule is CC(C)OC(=O)NCCNc1c(C(C)C)c(=O)c1=O. The van der Waals surface area contributed by atoms with E-state index in [9.17, 15) is 14.4 Å². The Hall–Kier alpha value is -1.85. The Labute approximate surface area is 111 Å². The fraction of sp³-hybridized carbons (Fsp3) is 0.615. The molecular weight excluding hydrogens is 248 g/mol. The van der Waals surface area contributed by atoms with E-state index in [1.54, 1.807) is 13.8 Å². The molecule has 2 N–H and O–H groups in total. The number of nitrogens with one attached hydrogen (secondary N) is 2. The number of amides is 1. The van der Waals surface area contributed by atoms with E-state index in [4.69, 9.17) is 4.74 Å². The summed E-state index contributed by atoms with van der Waals surface area (Å²) in [5.74, 6) is 0.0200. The first-order valence-electron chi connectivity index (χ1n) is 6.36. The fourth-order valence-electron chi connectivity index (χ4n) is 1.74. The summed E-state index contributed by atoms with van der Waals surface area (Å²) in [6.07, 6.45) is -0.667. The van der Waals surface area contributed by atoms with Gasteiger partial charge in [-0.2, -0.15) is 0 Å². The van der Waals surface area contributed by atoms with Crippen LogP contribution in [0, 0.1) is 0 Å².